The Labute approximate surface area is 158 Å². The van der Waals surface area contributed by atoms with Crippen LogP contribution in [-0.4, -0.2) is 34.2 Å². The fraction of sp³-hybridized carbons (Fsp3) is 0.278. The van der Waals surface area contributed by atoms with E-state index in [-0.39, 0.29) is 18.9 Å². The first-order valence-electron chi connectivity index (χ1n) is 7.97. The van der Waals surface area contributed by atoms with E-state index in [0.29, 0.717) is 28.6 Å². The number of amides is 1. The van der Waals surface area contributed by atoms with E-state index >= 15 is 0 Å². The van der Waals surface area contributed by atoms with Crippen LogP contribution in [0.1, 0.15) is 12.8 Å². The van der Waals surface area contributed by atoms with Crippen molar-refractivity contribution in [3.8, 4) is 5.75 Å². The second-order valence-electron chi connectivity index (χ2n) is 5.67. The Hall–Kier alpha value is -2.25. The molecule has 1 amide bonds. The van der Waals surface area contributed by atoms with E-state index in [1.54, 1.807) is 48.5 Å². The third-order valence-electron chi connectivity index (χ3n) is 3.63. The Balaban J connectivity index is 2.01. The van der Waals surface area contributed by atoms with Crippen LogP contribution in [0.5, 0.6) is 5.75 Å². The number of sulfonamides is 1. The summed E-state index contributed by atoms with van der Waals surface area (Å²) >= 11 is 5.88. The van der Waals surface area contributed by atoms with Gasteiger partial charge in [0.2, 0.25) is 15.9 Å². The van der Waals surface area contributed by atoms with E-state index < -0.39 is 10.0 Å². The molecule has 0 radical (unpaired) electrons. The van der Waals surface area contributed by atoms with Crippen LogP contribution in [0, 0.1) is 0 Å². The molecule has 0 heterocycles. The van der Waals surface area contributed by atoms with Gasteiger partial charge in [0.05, 0.1) is 19.1 Å². The van der Waals surface area contributed by atoms with Crippen LogP contribution in [0.25, 0.3) is 0 Å². The van der Waals surface area contributed by atoms with Crippen molar-refractivity contribution < 1.29 is 17.9 Å². The van der Waals surface area contributed by atoms with Crippen LogP contribution < -0.4 is 14.4 Å². The summed E-state index contributed by atoms with van der Waals surface area (Å²) in [5, 5.41) is 3.27. The van der Waals surface area contributed by atoms with E-state index in [1.165, 1.54) is 11.4 Å². The number of halogens is 1. The van der Waals surface area contributed by atoms with Gasteiger partial charge in [0, 0.05) is 23.7 Å². The summed E-state index contributed by atoms with van der Waals surface area (Å²) in [4.78, 5) is 12.1. The number of carbonyl (C=O) groups excluding carboxylic acids is 1. The van der Waals surface area contributed by atoms with Crippen molar-refractivity contribution in [2.45, 2.75) is 12.8 Å². The highest BCUT2D eigenvalue weighted by Crippen LogP contribution is 2.29. The number of nitrogens with zero attached hydrogens (tertiary/aromatic N) is 1. The topological polar surface area (TPSA) is 75.7 Å². The summed E-state index contributed by atoms with van der Waals surface area (Å²) in [5.74, 6) is 0.252. The maximum absolute atomic E-state index is 12.2. The highest BCUT2D eigenvalue weighted by Gasteiger charge is 2.20. The van der Waals surface area contributed by atoms with Gasteiger partial charge in [-0.1, -0.05) is 29.8 Å². The minimum Gasteiger partial charge on any atom is -0.495 e. The molecule has 1 N–H and O–H groups in total. The maximum Gasteiger partial charge on any atom is 0.232 e. The first kappa shape index (κ1) is 20.1. The quantitative estimate of drug-likeness (QED) is 0.740. The number of nitrogens with one attached hydrogen (secondary N) is 1. The molecule has 6 nitrogen and oxygen atoms in total. The van der Waals surface area contributed by atoms with Crippen molar-refractivity contribution in [2.75, 3.05) is 29.5 Å². The van der Waals surface area contributed by atoms with E-state index in [4.69, 9.17) is 16.3 Å². The normalized spacial score (nSPS) is 11.0. The van der Waals surface area contributed by atoms with Crippen LogP contribution in [0.2, 0.25) is 5.02 Å². The van der Waals surface area contributed by atoms with E-state index in [0.717, 1.165) is 6.26 Å². The Bertz CT molecular complexity index is 871. The predicted molar refractivity (Wildman–Crippen MR) is 104 cm³/mol. The molecule has 8 heteroatoms. The summed E-state index contributed by atoms with van der Waals surface area (Å²) in [6.07, 6.45) is 1.66. The molecule has 0 atom stereocenters. The highest BCUT2D eigenvalue weighted by atomic mass is 35.5. The van der Waals surface area contributed by atoms with Gasteiger partial charge in [-0.25, -0.2) is 8.42 Å². The predicted octanol–water partition coefficient (Wildman–Crippen LogP) is 3.53. The molecular weight excluding hydrogens is 376 g/mol. The smallest absolute Gasteiger partial charge is 0.232 e. The van der Waals surface area contributed by atoms with Crippen molar-refractivity contribution in [2.24, 2.45) is 0 Å². The summed E-state index contributed by atoms with van der Waals surface area (Å²) in [5.41, 5.74) is 1.06. The van der Waals surface area contributed by atoms with Crippen LogP contribution in [0.15, 0.2) is 48.5 Å². The second-order valence-corrected chi connectivity index (χ2v) is 8.01. The average Bonchev–Trinajstić information content (AvgIpc) is 2.57. The Morgan fingerprint density at radius 1 is 1.19 bits per heavy atom. The van der Waals surface area contributed by atoms with Crippen molar-refractivity contribution in [1.29, 1.82) is 0 Å². The Morgan fingerprint density at radius 3 is 2.58 bits per heavy atom. The minimum atomic E-state index is -3.51. The first-order valence-corrected chi connectivity index (χ1v) is 10.2. The monoisotopic (exact) mass is 396 g/mol. The largest absolute Gasteiger partial charge is 0.495 e. The number of rotatable bonds is 8. The zero-order valence-electron chi connectivity index (χ0n) is 14.6. The number of ether oxygens (including phenoxy) is 1. The molecule has 0 aliphatic rings. The van der Waals surface area contributed by atoms with Gasteiger partial charge < -0.3 is 10.1 Å². The number of hydrogen-bond donors (Lipinski definition) is 1. The van der Waals surface area contributed by atoms with Gasteiger partial charge in [-0.3, -0.25) is 9.10 Å². The van der Waals surface area contributed by atoms with Gasteiger partial charge in [0.1, 0.15) is 5.75 Å². The molecule has 0 saturated heterocycles. The fourth-order valence-corrected chi connectivity index (χ4v) is 3.63. The van der Waals surface area contributed by atoms with E-state index in [9.17, 15) is 13.2 Å². The number of benzene rings is 2. The molecule has 0 saturated carbocycles. The number of anilines is 2. The van der Waals surface area contributed by atoms with Crippen LogP contribution in [-0.2, 0) is 14.8 Å². The van der Waals surface area contributed by atoms with Crippen molar-refractivity contribution >= 4 is 38.9 Å². The molecule has 26 heavy (non-hydrogen) atoms. The lowest BCUT2D eigenvalue weighted by Crippen LogP contribution is -2.31. The SMILES string of the molecule is COc1ccccc1N(CCCC(=O)Nc1cccc(Cl)c1)S(C)(=O)=O. The molecule has 2 rings (SSSR count). The molecule has 0 aliphatic carbocycles. The highest BCUT2D eigenvalue weighted by molar-refractivity contribution is 7.92. The van der Waals surface area contributed by atoms with Gasteiger partial charge in [0.15, 0.2) is 0 Å². The number of carbonyl (C=O) groups is 1. The van der Waals surface area contributed by atoms with Gasteiger partial charge in [-0.05, 0) is 36.8 Å². The number of para-hydroxylation sites is 2. The molecule has 2 aromatic carbocycles. The van der Waals surface area contributed by atoms with Gasteiger partial charge in [0.25, 0.3) is 0 Å². The van der Waals surface area contributed by atoms with E-state index in [2.05, 4.69) is 5.32 Å². The Kier molecular flexibility index (Phi) is 6.88. The van der Waals surface area contributed by atoms with E-state index in [1.807, 2.05) is 0 Å². The van der Waals surface area contributed by atoms with Gasteiger partial charge in [-0.2, -0.15) is 0 Å². The minimum absolute atomic E-state index is 0.169. The molecule has 0 fully saturated rings. The van der Waals surface area contributed by atoms with Crippen molar-refractivity contribution in [1.82, 2.24) is 0 Å². The molecule has 0 bridgehead atoms. The molecule has 0 unspecified atom stereocenters. The zero-order valence-corrected chi connectivity index (χ0v) is 16.2. The average molecular weight is 397 g/mol. The molecule has 2 aromatic rings. The molecule has 0 aliphatic heterocycles. The second kappa shape index (κ2) is 8.91. The first-order chi connectivity index (χ1) is 12.3. The molecule has 140 valence electrons. The number of hydrogen-bond acceptors (Lipinski definition) is 4. The van der Waals surface area contributed by atoms with Gasteiger partial charge >= 0.3 is 0 Å². The lowest BCUT2D eigenvalue weighted by atomic mass is 10.2. The Morgan fingerprint density at radius 2 is 1.92 bits per heavy atom. The third-order valence-corrected chi connectivity index (χ3v) is 5.04. The lowest BCUT2D eigenvalue weighted by molar-refractivity contribution is -0.116. The van der Waals surface area contributed by atoms with Crippen LogP contribution >= 0.6 is 11.6 Å². The summed E-state index contributed by atoms with van der Waals surface area (Å²) in [6, 6.07) is 13.7. The van der Waals surface area contributed by atoms with Crippen molar-refractivity contribution in [3.63, 3.8) is 0 Å². The standard InChI is InChI=1S/C18H21ClN2O4S/c1-25-17-10-4-3-9-16(17)21(26(2,23)24)12-6-11-18(22)20-15-8-5-7-14(19)13-15/h3-5,7-10,13H,6,11-12H2,1-2H3,(H,20,22). The molecular formula is C18H21ClN2O4S. The summed E-state index contributed by atoms with van der Waals surface area (Å²) < 4.78 is 30.8. The number of methoxy groups -OCH3 is 1. The third kappa shape index (κ3) is 5.64. The van der Waals surface area contributed by atoms with Gasteiger partial charge in [-0.15, -0.1) is 0 Å². The van der Waals surface area contributed by atoms with Crippen LogP contribution in [0.3, 0.4) is 0 Å². The lowest BCUT2D eigenvalue weighted by Gasteiger charge is -2.24. The molecule has 0 aromatic heterocycles. The zero-order chi connectivity index (χ0) is 19.2. The molecule has 0 spiro atoms. The van der Waals surface area contributed by atoms with Crippen LogP contribution in [0.4, 0.5) is 11.4 Å². The fourth-order valence-electron chi connectivity index (χ4n) is 2.47. The van der Waals surface area contributed by atoms with Crippen molar-refractivity contribution in [3.05, 3.63) is 53.6 Å². The summed E-state index contributed by atoms with van der Waals surface area (Å²) in [6.45, 7) is 0.169. The summed E-state index contributed by atoms with van der Waals surface area (Å²) in [7, 11) is -2.02. The maximum atomic E-state index is 12.2.